The summed E-state index contributed by atoms with van der Waals surface area (Å²) in [6.07, 6.45) is 0. The van der Waals surface area contributed by atoms with Gasteiger partial charge >= 0.3 is 5.69 Å². The molecule has 0 atom stereocenters. The molecule has 1 heterocycles. The van der Waals surface area contributed by atoms with Crippen LogP contribution in [0.25, 0.3) is 0 Å². The second-order valence-corrected chi connectivity index (χ2v) is 4.67. The first kappa shape index (κ1) is 13.1. The van der Waals surface area contributed by atoms with Crippen LogP contribution in [0.3, 0.4) is 0 Å². The second kappa shape index (κ2) is 5.09. The number of amides is 1. The minimum absolute atomic E-state index is 0.0250. The lowest BCUT2D eigenvalue weighted by atomic mass is 9.98. The average molecular weight is 260 g/mol. The Morgan fingerprint density at radius 1 is 1.37 bits per heavy atom. The fraction of sp³-hybridized carbons (Fsp3) is 0.308. The van der Waals surface area contributed by atoms with Gasteiger partial charge in [-0.15, -0.1) is 5.10 Å². The van der Waals surface area contributed by atoms with E-state index < -0.39 is 11.6 Å². The Hall–Kier alpha value is -2.37. The van der Waals surface area contributed by atoms with Crippen molar-refractivity contribution in [2.24, 2.45) is 0 Å². The van der Waals surface area contributed by atoms with E-state index in [1.165, 1.54) is 0 Å². The summed E-state index contributed by atoms with van der Waals surface area (Å²) in [6, 6.07) is 5.85. The number of carbonyl (C=O) groups is 1. The minimum Gasteiger partial charge on any atom is -0.319 e. The first-order chi connectivity index (χ1) is 8.99. The number of aromatic amines is 2. The summed E-state index contributed by atoms with van der Waals surface area (Å²) in [5, 5.41) is 8.57. The number of nitrogens with zero attached hydrogens (tertiary/aromatic N) is 1. The van der Waals surface area contributed by atoms with Crippen molar-refractivity contribution in [3.8, 4) is 0 Å². The lowest BCUT2D eigenvalue weighted by molar-refractivity contribution is 0.101. The van der Waals surface area contributed by atoms with E-state index >= 15 is 0 Å². The summed E-state index contributed by atoms with van der Waals surface area (Å²) in [5.41, 5.74) is 2.29. The number of carbonyl (C=O) groups excluding carboxylic acids is 1. The zero-order valence-corrected chi connectivity index (χ0v) is 11.1. The third kappa shape index (κ3) is 2.73. The van der Waals surface area contributed by atoms with E-state index in [9.17, 15) is 9.59 Å². The largest absolute Gasteiger partial charge is 0.341 e. The summed E-state index contributed by atoms with van der Waals surface area (Å²) in [7, 11) is 0. The maximum atomic E-state index is 12.0. The molecular weight excluding hydrogens is 244 g/mol. The lowest BCUT2D eigenvalue weighted by Gasteiger charge is -2.15. The molecule has 100 valence electrons. The topological polar surface area (TPSA) is 90.6 Å². The smallest absolute Gasteiger partial charge is 0.319 e. The van der Waals surface area contributed by atoms with Crippen LogP contribution in [0.4, 0.5) is 5.69 Å². The second-order valence-electron chi connectivity index (χ2n) is 4.67. The van der Waals surface area contributed by atoms with E-state index in [1.54, 1.807) is 0 Å². The van der Waals surface area contributed by atoms with E-state index in [2.05, 4.69) is 34.3 Å². The Balaban J connectivity index is 2.33. The van der Waals surface area contributed by atoms with Crippen molar-refractivity contribution in [2.45, 2.75) is 26.7 Å². The molecule has 0 fully saturated rings. The first-order valence-electron chi connectivity index (χ1n) is 6.04. The minimum atomic E-state index is -0.501. The van der Waals surface area contributed by atoms with Gasteiger partial charge in [-0.2, -0.15) is 0 Å². The standard InChI is InChI=1S/C13H16N4O2/c1-7(2)9-6-4-5-8(3)10(9)14-12(18)11-15-13(19)17-16-11/h4-7H,1-3H3,(H,14,18)(H2,15,16,17,19). The molecule has 0 aliphatic heterocycles. The Kier molecular flexibility index (Phi) is 3.50. The van der Waals surface area contributed by atoms with Gasteiger partial charge in [-0.3, -0.25) is 9.78 Å². The van der Waals surface area contributed by atoms with Gasteiger partial charge in [-0.05, 0) is 24.0 Å². The monoisotopic (exact) mass is 260 g/mol. The third-order valence-electron chi connectivity index (χ3n) is 2.88. The van der Waals surface area contributed by atoms with E-state index in [1.807, 2.05) is 25.1 Å². The van der Waals surface area contributed by atoms with Gasteiger partial charge in [0, 0.05) is 5.69 Å². The van der Waals surface area contributed by atoms with Gasteiger partial charge in [-0.25, -0.2) is 9.89 Å². The fourth-order valence-corrected chi connectivity index (χ4v) is 1.89. The SMILES string of the molecule is Cc1cccc(C(C)C)c1NC(=O)c1n[nH]c(=O)[nH]1. The molecule has 0 unspecified atom stereocenters. The highest BCUT2D eigenvalue weighted by Crippen LogP contribution is 2.27. The highest BCUT2D eigenvalue weighted by Gasteiger charge is 2.15. The highest BCUT2D eigenvalue weighted by atomic mass is 16.2. The van der Waals surface area contributed by atoms with Gasteiger partial charge in [0.15, 0.2) is 0 Å². The van der Waals surface area contributed by atoms with Crippen LogP contribution in [0.2, 0.25) is 0 Å². The number of para-hydroxylation sites is 1. The fourth-order valence-electron chi connectivity index (χ4n) is 1.89. The van der Waals surface area contributed by atoms with E-state index in [4.69, 9.17) is 0 Å². The number of hydrogen-bond acceptors (Lipinski definition) is 3. The zero-order valence-electron chi connectivity index (χ0n) is 11.1. The van der Waals surface area contributed by atoms with Crippen LogP contribution in [0, 0.1) is 6.92 Å². The van der Waals surface area contributed by atoms with Crippen molar-refractivity contribution in [3.05, 3.63) is 45.6 Å². The Bertz CT molecular complexity index is 655. The summed E-state index contributed by atoms with van der Waals surface area (Å²) < 4.78 is 0. The predicted molar refractivity (Wildman–Crippen MR) is 72.4 cm³/mol. The highest BCUT2D eigenvalue weighted by molar-refractivity contribution is 6.02. The molecule has 1 aromatic carbocycles. The molecule has 0 bridgehead atoms. The number of anilines is 1. The molecule has 6 nitrogen and oxygen atoms in total. The van der Waals surface area contributed by atoms with Gasteiger partial charge < -0.3 is 5.32 Å². The van der Waals surface area contributed by atoms with E-state index in [0.717, 1.165) is 16.8 Å². The Morgan fingerprint density at radius 2 is 2.11 bits per heavy atom. The predicted octanol–water partition coefficient (Wildman–Crippen LogP) is 1.78. The molecule has 0 aliphatic carbocycles. The maximum Gasteiger partial charge on any atom is 0.341 e. The number of hydrogen-bond donors (Lipinski definition) is 3. The molecular formula is C13H16N4O2. The first-order valence-corrected chi connectivity index (χ1v) is 6.04. The maximum absolute atomic E-state index is 12.0. The third-order valence-corrected chi connectivity index (χ3v) is 2.88. The molecule has 3 N–H and O–H groups in total. The van der Waals surface area contributed by atoms with Crippen molar-refractivity contribution in [1.29, 1.82) is 0 Å². The number of nitrogens with one attached hydrogen (secondary N) is 3. The summed E-state index contributed by atoms with van der Waals surface area (Å²) >= 11 is 0. The van der Waals surface area contributed by atoms with Crippen molar-refractivity contribution in [1.82, 2.24) is 15.2 Å². The molecule has 0 saturated heterocycles. The van der Waals surface area contributed by atoms with Crippen LogP contribution < -0.4 is 11.0 Å². The molecule has 19 heavy (non-hydrogen) atoms. The van der Waals surface area contributed by atoms with Crippen molar-refractivity contribution in [2.75, 3.05) is 5.32 Å². The molecule has 0 aliphatic rings. The Morgan fingerprint density at radius 3 is 2.68 bits per heavy atom. The molecule has 6 heteroatoms. The van der Waals surface area contributed by atoms with Crippen LogP contribution in [0.5, 0.6) is 0 Å². The van der Waals surface area contributed by atoms with Gasteiger partial charge in [0.05, 0.1) is 0 Å². The molecule has 0 radical (unpaired) electrons. The molecule has 1 amide bonds. The number of aromatic nitrogens is 3. The Labute approximate surface area is 110 Å². The van der Waals surface area contributed by atoms with E-state index in [0.29, 0.717) is 0 Å². The number of H-pyrrole nitrogens is 2. The van der Waals surface area contributed by atoms with Crippen molar-refractivity contribution >= 4 is 11.6 Å². The van der Waals surface area contributed by atoms with Crippen molar-refractivity contribution < 1.29 is 4.79 Å². The quantitative estimate of drug-likeness (QED) is 0.785. The molecule has 2 aromatic rings. The van der Waals surface area contributed by atoms with Crippen LogP contribution in [-0.4, -0.2) is 21.1 Å². The molecule has 1 aromatic heterocycles. The summed E-state index contributed by atoms with van der Waals surface area (Å²) in [4.78, 5) is 25.3. The summed E-state index contributed by atoms with van der Waals surface area (Å²) in [6.45, 7) is 6.04. The molecule has 0 spiro atoms. The van der Waals surface area contributed by atoms with E-state index in [-0.39, 0.29) is 11.7 Å². The normalized spacial score (nSPS) is 10.7. The number of rotatable bonds is 3. The number of benzene rings is 1. The van der Waals surface area contributed by atoms with Gasteiger partial charge in [0.25, 0.3) is 5.91 Å². The van der Waals surface area contributed by atoms with Crippen molar-refractivity contribution in [3.63, 3.8) is 0 Å². The zero-order chi connectivity index (χ0) is 14.0. The molecule has 2 rings (SSSR count). The van der Waals surface area contributed by atoms with Gasteiger partial charge in [0.2, 0.25) is 5.82 Å². The van der Waals surface area contributed by atoms with Gasteiger partial charge in [0.1, 0.15) is 0 Å². The number of aryl methyl sites for hydroxylation is 1. The molecule has 0 saturated carbocycles. The van der Waals surface area contributed by atoms with Crippen LogP contribution in [-0.2, 0) is 0 Å². The average Bonchev–Trinajstić information content (AvgIpc) is 2.78. The lowest BCUT2D eigenvalue weighted by Crippen LogP contribution is -2.17. The van der Waals surface area contributed by atoms with Gasteiger partial charge in [-0.1, -0.05) is 32.0 Å². The van der Waals surface area contributed by atoms with Crippen LogP contribution in [0.15, 0.2) is 23.0 Å². The van der Waals surface area contributed by atoms with Crippen LogP contribution >= 0.6 is 0 Å². The summed E-state index contributed by atoms with van der Waals surface area (Å²) in [5.74, 6) is -0.175. The van der Waals surface area contributed by atoms with Crippen LogP contribution in [0.1, 0.15) is 41.5 Å².